The van der Waals surface area contributed by atoms with Gasteiger partial charge in [0.05, 0.1) is 29.0 Å². The Bertz CT molecular complexity index is 860. The highest BCUT2D eigenvalue weighted by molar-refractivity contribution is 7.71. The van der Waals surface area contributed by atoms with Gasteiger partial charge in [0, 0.05) is 7.05 Å². The van der Waals surface area contributed by atoms with Crippen LogP contribution in [0.3, 0.4) is 0 Å². The summed E-state index contributed by atoms with van der Waals surface area (Å²) in [5.74, 6) is -0.542. The number of nitrogens with zero attached hydrogens (tertiary/aromatic N) is 2. The molecular formula is C14H13N3O3S. The topological polar surface area (TPSA) is 87.9 Å². The minimum atomic E-state index is -0.542. The van der Waals surface area contributed by atoms with Gasteiger partial charge in [-0.3, -0.25) is 9.36 Å². The van der Waals surface area contributed by atoms with Crippen molar-refractivity contribution in [2.24, 2.45) is 7.05 Å². The van der Waals surface area contributed by atoms with Gasteiger partial charge in [0.15, 0.2) is 4.77 Å². The molecule has 0 saturated heterocycles. The fourth-order valence-corrected chi connectivity index (χ4v) is 2.05. The number of aromatic amines is 1. The Morgan fingerprint density at radius 2 is 2.29 bits per heavy atom. The molecule has 0 fully saturated rings. The summed E-state index contributed by atoms with van der Waals surface area (Å²) in [6.45, 7) is 1.64. The average molecular weight is 303 g/mol. The third-order valence-corrected chi connectivity index (χ3v) is 3.40. The standard InChI is InChI=1S/C14H13N3O3S/c1-8(5-6-15)20-13(19)9-3-4-10-11(7-9)16-14(21)17(2)12(10)18/h3-4,7-8H,5H2,1-2H3,(H,16,21)/t8-/m0/s1. The lowest BCUT2D eigenvalue weighted by Gasteiger charge is -2.10. The van der Waals surface area contributed by atoms with Crippen LogP contribution in [0, 0.1) is 16.1 Å². The number of aromatic nitrogens is 2. The molecule has 7 heteroatoms. The van der Waals surface area contributed by atoms with Gasteiger partial charge in [0.2, 0.25) is 0 Å². The van der Waals surface area contributed by atoms with Crippen molar-refractivity contribution in [1.82, 2.24) is 9.55 Å². The van der Waals surface area contributed by atoms with Gasteiger partial charge in [0.1, 0.15) is 6.10 Å². The molecule has 2 aromatic rings. The summed E-state index contributed by atoms with van der Waals surface area (Å²) in [7, 11) is 1.58. The number of fused-ring (bicyclic) bond motifs is 1. The van der Waals surface area contributed by atoms with Gasteiger partial charge in [-0.05, 0) is 37.3 Å². The zero-order chi connectivity index (χ0) is 15.6. The minimum Gasteiger partial charge on any atom is -0.458 e. The van der Waals surface area contributed by atoms with Crippen LogP contribution in [0.4, 0.5) is 0 Å². The van der Waals surface area contributed by atoms with Crippen molar-refractivity contribution >= 4 is 29.1 Å². The molecule has 108 valence electrons. The van der Waals surface area contributed by atoms with Crippen LogP contribution in [0.25, 0.3) is 10.9 Å². The second-order valence-electron chi connectivity index (χ2n) is 4.63. The van der Waals surface area contributed by atoms with E-state index in [0.29, 0.717) is 16.5 Å². The molecule has 6 nitrogen and oxygen atoms in total. The maximum absolute atomic E-state index is 12.0. The molecule has 0 saturated carbocycles. The van der Waals surface area contributed by atoms with Crippen LogP contribution < -0.4 is 5.56 Å². The molecule has 2 rings (SSSR count). The highest BCUT2D eigenvalue weighted by Crippen LogP contribution is 2.13. The Morgan fingerprint density at radius 1 is 1.57 bits per heavy atom. The van der Waals surface area contributed by atoms with Crippen molar-refractivity contribution in [2.75, 3.05) is 0 Å². The average Bonchev–Trinajstić information content (AvgIpc) is 2.44. The van der Waals surface area contributed by atoms with Gasteiger partial charge in [-0.15, -0.1) is 0 Å². The smallest absolute Gasteiger partial charge is 0.338 e. The molecule has 21 heavy (non-hydrogen) atoms. The van der Waals surface area contributed by atoms with E-state index in [0.717, 1.165) is 0 Å². The summed E-state index contributed by atoms with van der Waals surface area (Å²) in [6, 6.07) is 6.52. The summed E-state index contributed by atoms with van der Waals surface area (Å²) < 4.78 is 6.72. The van der Waals surface area contributed by atoms with E-state index < -0.39 is 12.1 Å². The third kappa shape index (κ3) is 3.01. The molecule has 0 aliphatic heterocycles. The number of rotatable bonds is 3. The van der Waals surface area contributed by atoms with Crippen molar-refractivity contribution in [3.63, 3.8) is 0 Å². The number of carbonyl (C=O) groups excluding carboxylic acids is 1. The summed E-state index contributed by atoms with van der Waals surface area (Å²) >= 11 is 5.04. The van der Waals surface area contributed by atoms with Gasteiger partial charge in [0.25, 0.3) is 5.56 Å². The summed E-state index contributed by atoms with van der Waals surface area (Å²) in [5.41, 5.74) is 0.545. The van der Waals surface area contributed by atoms with Gasteiger partial charge < -0.3 is 9.72 Å². The molecule has 0 spiro atoms. The fourth-order valence-electron chi connectivity index (χ4n) is 1.85. The number of ether oxygens (including phenoxy) is 1. The van der Waals surface area contributed by atoms with Crippen molar-refractivity contribution in [3.05, 3.63) is 38.9 Å². The molecular weight excluding hydrogens is 290 g/mol. The summed E-state index contributed by atoms with van der Waals surface area (Å²) in [5, 5.41) is 8.99. The second-order valence-corrected chi connectivity index (χ2v) is 5.02. The zero-order valence-electron chi connectivity index (χ0n) is 11.5. The van der Waals surface area contributed by atoms with Crippen molar-refractivity contribution in [1.29, 1.82) is 5.26 Å². The van der Waals surface area contributed by atoms with Crippen LogP contribution in [0.1, 0.15) is 23.7 Å². The Labute approximate surface area is 125 Å². The van der Waals surface area contributed by atoms with E-state index in [9.17, 15) is 9.59 Å². The maximum atomic E-state index is 12.0. The van der Waals surface area contributed by atoms with Crippen LogP contribution in [0.15, 0.2) is 23.0 Å². The molecule has 1 aromatic carbocycles. The summed E-state index contributed by atoms with van der Waals surface area (Å²) in [6.07, 6.45) is -0.359. The largest absolute Gasteiger partial charge is 0.458 e. The van der Waals surface area contributed by atoms with Crippen LogP contribution in [-0.4, -0.2) is 21.6 Å². The highest BCUT2D eigenvalue weighted by Gasteiger charge is 2.13. The monoisotopic (exact) mass is 303 g/mol. The number of hydrogen-bond acceptors (Lipinski definition) is 5. The molecule has 1 heterocycles. The Morgan fingerprint density at radius 3 is 2.95 bits per heavy atom. The fraction of sp³-hybridized carbons (Fsp3) is 0.286. The lowest BCUT2D eigenvalue weighted by Crippen LogP contribution is -2.19. The zero-order valence-corrected chi connectivity index (χ0v) is 12.4. The molecule has 0 aliphatic carbocycles. The Hall–Kier alpha value is -2.46. The Kier molecular flexibility index (Phi) is 4.19. The quantitative estimate of drug-likeness (QED) is 0.692. The molecule has 0 aliphatic rings. The second kappa shape index (κ2) is 5.89. The van der Waals surface area contributed by atoms with Crippen LogP contribution >= 0.6 is 12.2 Å². The lowest BCUT2D eigenvalue weighted by atomic mass is 10.1. The van der Waals surface area contributed by atoms with Crippen molar-refractivity contribution in [3.8, 4) is 6.07 Å². The van der Waals surface area contributed by atoms with Gasteiger partial charge in [-0.1, -0.05) is 0 Å². The van der Waals surface area contributed by atoms with Crippen LogP contribution in [0.5, 0.6) is 0 Å². The molecule has 0 bridgehead atoms. The number of esters is 1. The van der Waals surface area contributed by atoms with Gasteiger partial charge in [-0.2, -0.15) is 5.26 Å². The van der Waals surface area contributed by atoms with Crippen molar-refractivity contribution < 1.29 is 9.53 Å². The molecule has 0 unspecified atom stereocenters. The van der Waals surface area contributed by atoms with Crippen LogP contribution in [0.2, 0.25) is 0 Å². The van der Waals surface area contributed by atoms with E-state index in [4.69, 9.17) is 22.2 Å². The molecule has 0 radical (unpaired) electrons. The predicted molar refractivity (Wildman–Crippen MR) is 79.5 cm³/mol. The SMILES string of the molecule is C[C@@H](CC#N)OC(=O)c1ccc2c(=O)n(C)c(=S)[nH]c2c1. The van der Waals surface area contributed by atoms with Gasteiger partial charge >= 0.3 is 5.97 Å². The normalized spacial score (nSPS) is 11.9. The molecule has 1 N–H and O–H groups in total. The van der Waals surface area contributed by atoms with E-state index in [1.807, 2.05) is 6.07 Å². The Balaban J connectivity index is 2.42. The number of benzene rings is 1. The maximum Gasteiger partial charge on any atom is 0.338 e. The molecule has 1 atom stereocenters. The number of hydrogen-bond donors (Lipinski definition) is 1. The van der Waals surface area contributed by atoms with Crippen molar-refractivity contribution in [2.45, 2.75) is 19.4 Å². The predicted octanol–water partition coefficient (Wildman–Crippen LogP) is 2.06. The molecule has 0 amide bonds. The minimum absolute atomic E-state index is 0.127. The first-order valence-corrected chi connectivity index (χ1v) is 6.66. The van der Waals surface area contributed by atoms with Crippen LogP contribution in [-0.2, 0) is 11.8 Å². The van der Waals surface area contributed by atoms with Gasteiger partial charge in [-0.25, -0.2) is 4.79 Å². The number of nitriles is 1. The molecule has 1 aromatic heterocycles. The lowest BCUT2D eigenvalue weighted by molar-refractivity contribution is 0.0351. The van der Waals surface area contributed by atoms with E-state index in [2.05, 4.69) is 4.98 Å². The number of nitrogens with one attached hydrogen (secondary N) is 1. The third-order valence-electron chi connectivity index (χ3n) is 3.02. The summed E-state index contributed by atoms with van der Waals surface area (Å²) in [4.78, 5) is 26.9. The first-order valence-electron chi connectivity index (χ1n) is 6.25. The van der Waals surface area contributed by atoms with E-state index >= 15 is 0 Å². The number of carbonyl (C=O) groups is 1. The van der Waals surface area contributed by atoms with E-state index in [-0.39, 0.29) is 16.8 Å². The number of H-pyrrole nitrogens is 1. The first-order chi connectivity index (χ1) is 9.93. The first kappa shape index (κ1) is 14.9. The van der Waals surface area contributed by atoms with E-state index in [1.54, 1.807) is 20.0 Å². The highest BCUT2D eigenvalue weighted by atomic mass is 32.1. The van der Waals surface area contributed by atoms with E-state index in [1.165, 1.54) is 16.7 Å².